The van der Waals surface area contributed by atoms with E-state index in [0.29, 0.717) is 34.9 Å². The Bertz CT molecular complexity index is 672. The molecule has 156 valence electrons. The van der Waals surface area contributed by atoms with Crippen LogP contribution < -0.4 is 0 Å². The number of aliphatic carboxylic acids is 1. The number of carbonyl (C=O) groups excluding carboxylic acids is 2. The molecule has 1 N–H and O–H groups in total. The summed E-state index contributed by atoms with van der Waals surface area (Å²) in [6, 6.07) is 0. The summed E-state index contributed by atoms with van der Waals surface area (Å²) >= 11 is 0. The molecule has 4 rings (SSSR count). The normalized spacial score (nSPS) is 44.9. The Hall–Kier alpha value is -1.39. The van der Waals surface area contributed by atoms with Crippen molar-refractivity contribution in [1.29, 1.82) is 0 Å². The predicted octanol–water partition coefficient (Wildman–Crippen LogP) is 4.37. The van der Waals surface area contributed by atoms with Gasteiger partial charge in [-0.1, -0.05) is 13.8 Å². The zero-order valence-corrected chi connectivity index (χ0v) is 17.2. The molecule has 4 fully saturated rings. The van der Waals surface area contributed by atoms with Crippen LogP contribution in [0.4, 0.5) is 0 Å². The lowest BCUT2D eigenvalue weighted by atomic mass is 9.45. The van der Waals surface area contributed by atoms with E-state index in [0.717, 1.165) is 38.5 Å². The van der Waals surface area contributed by atoms with Crippen LogP contribution in [0.25, 0.3) is 0 Å². The molecule has 4 aliphatic rings. The number of Topliss-reactive ketones (excluding diaryl/α,β-unsaturated/α-hetero) is 1. The minimum Gasteiger partial charge on any atom is -0.481 e. The predicted molar refractivity (Wildman–Crippen MR) is 103 cm³/mol. The number of rotatable bonds is 4. The summed E-state index contributed by atoms with van der Waals surface area (Å²) in [5.41, 5.74) is 0.322. The minimum absolute atomic E-state index is 0.0216. The van der Waals surface area contributed by atoms with Gasteiger partial charge >= 0.3 is 11.9 Å². The zero-order valence-electron chi connectivity index (χ0n) is 17.2. The van der Waals surface area contributed by atoms with Gasteiger partial charge in [0.15, 0.2) is 0 Å². The topological polar surface area (TPSA) is 80.7 Å². The van der Waals surface area contributed by atoms with Crippen LogP contribution in [0.2, 0.25) is 0 Å². The van der Waals surface area contributed by atoms with E-state index in [-0.39, 0.29) is 30.3 Å². The van der Waals surface area contributed by atoms with E-state index in [1.165, 1.54) is 19.3 Å². The van der Waals surface area contributed by atoms with Crippen molar-refractivity contribution in [3.05, 3.63) is 0 Å². The Kier molecular flexibility index (Phi) is 5.08. The van der Waals surface area contributed by atoms with E-state index in [2.05, 4.69) is 13.8 Å². The third-order valence-corrected chi connectivity index (χ3v) is 9.21. The van der Waals surface area contributed by atoms with Crippen molar-refractivity contribution in [2.24, 2.45) is 34.5 Å². The van der Waals surface area contributed by atoms with Crippen molar-refractivity contribution < 1.29 is 24.2 Å². The largest absolute Gasteiger partial charge is 0.481 e. The fraction of sp³-hybridized carbons (Fsp3) is 0.870. The second kappa shape index (κ2) is 7.14. The maximum Gasteiger partial charge on any atom is 0.306 e. The molecule has 0 aromatic carbocycles. The number of carbonyl (C=O) groups is 3. The van der Waals surface area contributed by atoms with E-state index in [1.54, 1.807) is 0 Å². The monoisotopic (exact) mass is 390 g/mol. The van der Waals surface area contributed by atoms with Crippen molar-refractivity contribution in [1.82, 2.24) is 0 Å². The maximum absolute atomic E-state index is 12.2. The molecule has 7 atom stereocenters. The van der Waals surface area contributed by atoms with Crippen molar-refractivity contribution in [3.8, 4) is 0 Å². The van der Waals surface area contributed by atoms with Gasteiger partial charge in [-0.2, -0.15) is 0 Å². The van der Waals surface area contributed by atoms with E-state index in [4.69, 9.17) is 9.84 Å². The highest BCUT2D eigenvalue weighted by atomic mass is 16.5. The number of fused-ring (bicyclic) bond motifs is 5. The van der Waals surface area contributed by atoms with Gasteiger partial charge in [0.1, 0.15) is 11.9 Å². The second-order valence-corrected chi connectivity index (χ2v) is 10.4. The minimum atomic E-state index is -0.955. The summed E-state index contributed by atoms with van der Waals surface area (Å²) < 4.78 is 5.81. The fourth-order valence-electron chi connectivity index (χ4n) is 7.62. The summed E-state index contributed by atoms with van der Waals surface area (Å²) in [7, 11) is 0. The fourth-order valence-corrected chi connectivity index (χ4v) is 7.62. The van der Waals surface area contributed by atoms with Crippen molar-refractivity contribution in [2.45, 2.75) is 90.6 Å². The van der Waals surface area contributed by atoms with Crippen LogP contribution in [0.15, 0.2) is 0 Å². The summed E-state index contributed by atoms with van der Waals surface area (Å²) in [6.07, 6.45) is 8.95. The van der Waals surface area contributed by atoms with Gasteiger partial charge in [0, 0.05) is 18.3 Å². The maximum atomic E-state index is 12.2. The summed E-state index contributed by atoms with van der Waals surface area (Å²) in [5, 5.41) is 8.80. The molecule has 0 unspecified atom stereocenters. The van der Waals surface area contributed by atoms with Crippen molar-refractivity contribution in [3.63, 3.8) is 0 Å². The first-order chi connectivity index (χ1) is 13.2. The molecule has 0 bridgehead atoms. The van der Waals surface area contributed by atoms with Crippen LogP contribution in [0.3, 0.4) is 0 Å². The molecule has 0 aliphatic heterocycles. The molecule has 0 radical (unpaired) electrons. The van der Waals surface area contributed by atoms with Gasteiger partial charge in [0.05, 0.1) is 12.8 Å². The first-order valence-corrected chi connectivity index (χ1v) is 11.2. The van der Waals surface area contributed by atoms with Crippen LogP contribution in [-0.2, 0) is 19.1 Å². The lowest BCUT2D eigenvalue weighted by Gasteiger charge is -2.60. The molecule has 5 heteroatoms. The first-order valence-electron chi connectivity index (χ1n) is 11.2. The highest BCUT2D eigenvalue weighted by molar-refractivity contribution is 5.79. The average Bonchev–Trinajstić information content (AvgIpc) is 2.97. The van der Waals surface area contributed by atoms with Crippen LogP contribution >= 0.6 is 0 Å². The molecule has 0 aromatic heterocycles. The van der Waals surface area contributed by atoms with Crippen LogP contribution in [-0.4, -0.2) is 28.9 Å². The molecule has 0 saturated heterocycles. The summed E-state index contributed by atoms with van der Waals surface area (Å²) in [5.74, 6) is 1.65. The molecular formula is C23H34O5. The lowest BCUT2D eigenvalue weighted by Crippen LogP contribution is -2.54. The highest BCUT2D eigenvalue weighted by Gasteiger charge is 2.61. The van der Waals surface area contributed by atoms with Crippen molar-refractivity contribution in [2.75, 3.05) is 0 Å². The average molecular weight is 391 g/mol. The SMILES string of the molecule is C[C@]12CC[C@H]3[C@@H](CC[C@H]4CC(=O)CC[C@@]43C)[C@H]1CC[C@H]2OC(=O)CCC(=O)O. The van der Waals surface area contributed by atoms with Crippen molar-refractivity contribution >= 4 is 17.7 Å². The molecule has 4 saturated carbocycles. The molecule has 0 amide bonds. The first kappa shape index (κ1) is 19.9. The lowest BCUT2D eigenvalue weighted by molar-refractivity contribution is -0.165. The Morgan fingerprint density at radius 2 is 1.75 bits per heavy atom. The van der Waals surface area contributed by atoms with Crippen LogP contribution in [0, 0.1) is 34.5 Å². The quantitative estimate of drug-likeness (QED) is 0.721. The standard InChI is InChI=1S/C23H34O5/c1-22-11-9-15(24)13-14(22)3-4-16-17-5-6-19(23(17,2)12-10-18(16)22)28-21(27)8-7-20(25)26/h14,16-19H,3-13H2,1-2H3,(H,25,26)/t14-,16-,17+,18-,19+,22-,23-/m0/s1. The molecule has 0 heterocycles. The molecule has 0 aromatic rings. The number of ketones is 1. The summed E-state index contributed by atoms with van der Waals surface area (Å²) in [6.45, 7) is 4.75. The zero-order chi connectivity index (χ0) is 20.1. The van der Waals surface area contributed by atoms with Gasteiger partial charge in [-0.25, -0.2) is 0 Å². The van der Waals surface area contributed by atoms with E-state index in [1.807, 2.05) is 0 Å². The van der Waals surface area contributed by atoms with Gasteiger partial charge in [0.25, 0.3) is 0 Å². The Labute approximate surface area is 167 Å². The number of carboxylic acid groups (broad SMARTS) is 1. The van der Waals surface area contributed by atoms with Gasteiger partial charge in [-0.05, 0) is 74.0 Å². The number of ether oxygens (including phenoxy) is 1. The Balaban J connectivity index is 1.47. The van der Waals surface area contributed by atoms with Gasteiger partial charge in [-0.15, -0.1) is 0 Å². The van der Waals surface area contributed by atoms with E-state index < -0.39 is 5.97 Å². The third-order valence-electron chi connectivity index (χ3n) is 9.21. The summed E-state index contributed by atoms with van der Waals surface area (Å²) in [4.78, 5) is 34.9. The highest BCUT2D eigenvalue weighted by Crippen LogP contribution is 2.66. The number of hydrogen-bond donors (Lipinski definition) is 1. The Morgan fingerprint density at radius 3 is 2.50 bits per heavy atom. The van der Waals surface area contributed by atoms with E-state index in [9.17, 15) is 14.4 Å². The molecule has 28 heavy (non-hydrogen) atoms. The Morgan fingerprint density at radius 1 is 1.00 bits per heavy atom. The smallest absolute Gasteiger partial charge is 0.306 e. The molecule has 5 nitrogen and oxygen atoms in total. The molecule has 0 spiro atoms. The number of esters is 1. The molecule has 4 aliphatic carbocycles. The number of hydrogen-bond acceptors (Lipinski definition) is 4. The molecular weight excluding hydrogens is 356 g/mol. The van der Waals surface area contributed by atoms with Gasteiger partial charge in [-0.3, -0.25) is 14.4 Å². The van der Waals surface area contributed by atoms with Crippen LogP contribution in [0.1, 0.15) is 84.5 Å². The second-order valence-electron chi connectivity index (χ2n) is 10.4. The van der Waals surface area contributed by atoms with E-state index >= 15 is 0 Å². The van der Waals surface area contributed by atoms with Crippen LogP contribution in [0.5, 0.6) is 0 Å². The van der Waals surface area contributed by atoms with Gasteiger partial charge < -0.3 is 9.84 Å². The number of carboxylic acids is 1. The third kappa shape index (κ3) is 3.19. The van der Waals surface area contributed by atoms with Gasteiger partial charge in [0.2, 0.25) is 0 Å².